The SMILES string of the molecule is COc1ccccc1-c1nc(-c2c(F)cccc2F)[nH]c1C(N)=O. The molecule has 1 amide bonds. The van der Waals surface area contributed by atoms with Crippen LogP contribution in [-0.4, -0.2) is 23.0 Å². The Labute approximate surface area is 136 Å². The van der Waals surface area contributed by atoms with E-state index in [9.17, 15) is 13.6 Å². The van der Waals surface area contributed by atoms with Crippen LogP contribution in [0.4, 0.5) is 8.78 Å². The smallest absolute Gasteiger partial charge is 0.267 e. The number of para-hydroxylation sites is 1. The number of nitrogens with zero attached hydrogens (tertiary/aromatic N) is 1. The number of nitrogens with one attached hydrogen (secondary N) is 1. The highest BCUT2D eigenvalue weighted by atomic mass is 19.1. The molecule has 24 heavy (non-hydrogen) atoms. The monoisotopic (exact) mass is 329 g/mol. The summed E-state index contributed by atoms with van der Waals surface area (Å²) in [5, 5.41) is 0. The molecule has 0 saturated heterocycles. The number of methoxy groups -OCH3 is 1. The van der Waals surface area contributed by atoms with Gasteiger partial charge in [-0.15, -0.1) is 0 Å². The Balaban J connectivity index is 2.25. The highest BCUT2D eigenvalue weighted by Crippen LogP contribution is 2.33. The summed E-state index contributed by atoms with van der Waals surface area (Å²) in [6.45, 7) is 0. The minimum absolute atomic E-state index is 0.0582. The van der Waals surface area contributed by atoms with Crippen molar-refractivity contribution in [3.63, 3.8) is 0 Å². The molecule has 0 saturated carbocycles. The van der Waals surface area contributed by atoms with Crippen molar-refractivity contribution in [3.05, 3.63) is 59.8 Å². The van der Waals surface area contributed by atoms with Crippen molar-refractivity contribution in [1.82, 2.24) is 9.97 Å². The Hall–Kier alpha value is -3.22. The van der Waals surface area contributed by atoms with E-state index in [1.807, 2.05) is 0 Å². The van der Waals surface area contributed by atoms with Crippen LogP contribution in [0.5, 0.6) is 5.75 Å². The van der Waals surface area contributed by atoms with E-state index in [2.05, 4.69) is 9.97 Å². The molecule has 1 heterocycles. The number of carbonyl (C=O) groups excluding carboxylic acids is 1. The van der Waals surface area contributed by atoms with Gasteiger partial charge in [-0.05, 0) is 24.3 Å². The number of amides is 1. The molecule has 3 N–H and O–H groups in total. The van der Waals surface area contributed by atoms with Crippen LogP contribution in [0.1, 0.15) is 10.5 Å². The number of hydrogen-bond donors (Lipinski definition) is 2. The average Bonchev–Trinajstić information content (AvgIpc) is 2.99. The van der Waals surface area contributed by atoms with Crippen LogP contribution in [0, 0.1) is 11.6 Å². The fourth-order valence-electron chi connectivity index (χ4n) is 2.43. The van der Waals surface area contributed by atoms with Gasteiger partial charge in [0.25, 0.3) is 5.91 Å². The maximum atomic E-state index is 14.0. The third kappa shape index (κ3) is 2.60. The molecule has 3 aromatic rings. The predicted octanol–water partition coefficient (Wildman–Crippen LogP) is 3.13. The molecule has 0 fully saturated rings. The summed E-state index contributed by atoms with van der Waals surface area (Å²) in [7, 11) is 1.47. The van der Waals surface area contributed by atoms with Crippen molar-refractivity contribution in [2.75, 3.05) is 7.11 Å². The van der Waals surface area contributed by atoms with E-state index in [0.717, 1.165) is 12.1 Å². The first-order valence-electron chi connectivity index (χ1n) is 7.00. The van der Waals surface area contributed by atoms with Crippen molar-refractivity contribution >= 4 is 5.91 Å². The van der Waals surface area contributed by atoms with Gasteiger partial charge in [0.2, 0.25) is 0 Å². The fraction of sp³-hybridized carbons (Fsp3) is 0.0588. The van der Waals surface area contributed by atoms with Crippen LogP contribution in [-0.2, 0) is 0 Å². The van der Waals surface area contributed by atoms with Gasteiger partial charge < -0.3 is 15.5 Å². The number of imidazole rings is 1. The molecular formula is C17H13F2N3O2. The summed E-state index contributed by atoms with van der Waals surface area (Å²) in [5.74, 6) is -2.07. The Morgan fingerprint density at radius 1 is 1.12 bits per heavy atom. The average molecular weight is 329 g/mol. The lowest BCUT2D eigenvalue weighted by Gasteiger charge is -2.06. The number of primary amides is 1. The van der Waals surface area contributed by atoms with Crippen LogP contribution in [0.25, 0.3) is 22.6 Å². The lowest BCUT2D eigenvalue weighted by atomic mass is 10.1. The van der Waals surface area contributed by atoms with E-state index in [1.165, 1.54) is 13.2 Å². The van der Waals surface area contributed by atoms with Gasteiger partial charge in [0, 0.05) is 5.56 Å². The van der Waals surface area contributed by atoms with Crippen molar-refractivity contribution in [2.24, 2.45) is 5.73 Å². The second kappa shape index (κ2) is 6.11. The van der Waals surface area contributed by atoms with E-state index in [4.69, 9.17) is 10.5 Å². The number of ether oxygens (including phenoxy) is 1. The number of nitrogens with two attached hydrogens (primary N) is 1. The molecule has 7 heteroatoms. The summed E-state index contributed by atoms with van der Waals surface area (Å²) in [5.41, 5.74) is 5.60. The van der Waals surface area contributed by atoms with E-state index in [0.29, 0.717) is 11.3 Å². The third-order valence-corrected chi connectivity index (χ3v) is 3.51. The van der Waals surface area contributed by atoms with Gasteiger partial charge in [0.15, 0.2) is 0 Å². The molecule has 122 valence electrons. The van der Waals surface area contributed by atoms with E-state index in [1.54, 1.807) is 24.3 Å². The molecule has 0 atom stereocenters. The molecule has 0 aliphatic carbocycles. The predicted molar refractivity (Wildman–Crippen MR) is 84.4 cm³/mol. The molecule has 5 nitrogen and oxygen atoms in total. The summed E-state index contributed by atoms with van der Waals surface area (Å²) in [6, 6.07) is 10.3. The zero-order chi connectivity index (χ0) is 17.3. The lowest BCUT2D eigenvalue weighted by Crippen LogP contribution is -2.13. The topological polar surface area (TPSA) is 81.0 Å². The van der Waals surface area contributed by atoms with E-state index in [-0.39, 0.29) is 22.8 Å². The van der Waals surface area contributed by atoms with E-state index >= 15 is 0 Å². The number of hydrogen-bond acceptors (Lipinski definition) is 3. The van der Waals surface area contributed by atoms with Crippen molar-refractivity contribution in [3.8, 4) is 28.4 Å². The molecule has 1 aromatic heterocycles. The second-order valence-corrected chi connectivity index (χ2v) is 4.97. The Kier molecular flexibility index (Phi) is 3.99. The number of aromatic nitrogens is 2. The fourth-order valence-corrected chi connectivity index (χ4v) is 2.43. The number of H-pyrrole nitrogens is 1. The van der Waals surface area contributed by atoms with Gasteiger partial charge in [0.05, 0.1) is 12.7 Å². The molecule has 0 radical (unpaired) electrons. The van der Waals surface area contributed by atoms with Gasteiger partial charge in [-0.25, -0.2) is 13.8 Å². The minimum atomic E-state index is -0.800. The van der Waals surface area contributed by atoms with Gasteiger partial charge in [-0.3, -0.25) is 4.79 Å². The highest BCUT2D eigenvalue weighted by Gasteiger charge is 2.22. The van der Waals surface area contributed by atoms with Gasteiger partial charge >= 0.3 is 0 Å². The maximum absolute atomic E-state index is 14.0. The number of benzene rings is 2. The summed E-state index contributed by atoms with van der Waals surface area (Å²) in [6.07, 6.45) is 0. The molecule has 0 aliphatic heterocycles. The Bertz CT molecular complexity index is 902. The second-order valence-electron chi connectivity index (χ2n) is 4.97. The van der Waals surface area contributed by atoms with Crippen LogP contribution < -0.4 is 10.5 Å². The van der Waals surface area contributed by atoms with Crippen molar-refractivity contribution in [2.45, 2.75) is 0 Å². The van der Waals surface area contributed by atoms with Gasteiger partial charge in [-0.1, -0.05) is 18.2 Å². The van der Waals surface area contributed by atoms with Crippen molar-refractivity contribution < 1.29 is 18.3 Å². The van der Waals surface area contributed by atoms with Crippen LogP contribution >= 0.6 is 0 Å². The first kappa shape index (κ1) is 15.7. The number of halogens is 2. The molecule has 0 bridgehead atoms. The first-order chi connectivity index (χ1) is 11.5. The highest BCUT2D eigenvalue weighted by molar-refractivity contribution is 5.98. The van der Waals surface area contributed by atoms with Crippen LogP contribution in [0.3, 0.4) is 0 Å². The first-order valence-corrected chi connectivity index (χ1v) is 7.00. The molecular weight excluding hydrogens is 316 g/mol. The lowest BCUT2D eigenvalue weighted by molar-refractivity contribution is 0.0996. The molecule has 2 aromatic carbocycles. The van der Waals surface area contributed by atoms with Crippen LogP contribution in [0.2, 0.25) is 0 Å². The quantitative estimate of drug-likeness (QED) is 0.771. The summed E-state index contributed by atoms with van der Waals surface area (Å²) < 4.78 is 33.2. The summed E-state index contributed by atoms with van der Waals surface area (Å²) >= 11 is 0. The maximum Gasteiger partial charge on any atom is 0.267 e. The van der Waals surface area contributed by atoms with Gasteiger partial charge in [-0.2, -0.15) is 0 Å². The molecule has 0 spiro atoms. The normalized spacial score (nSPS) is 10.6. The molecule has 0 aliphatic rings. The zero-order valence-electron chi connectivity index (χ0n) is 12.6. The number of aromatic amines is 1. The minimum Gasteiger partial charge on any atom is -0.496 e. The van der Waals surface area contributed by atoms with Gasteiger partial charge in [0.1, 0.15) is 34.6 Å². The van der Waals surface area contributed by atoms with E-state index < -0.39 is 17.5 Å². The third-order valence-electron chi connectivity index (χ3n) is 3.51. The molecule has 3 rings (SSSR count). The van der Waals surface area contributed by atoms with Crippen LogP contribution in [0.15, 0.2) is 42.5 Å². The van der Waals surface area contributed by atoms with Crippen molar-refractivity contribution in [1.29, 1.82) is 0 Å². The largest absolute Gasteiger partial charge is 0.496 e. The number of rotatable bonds is 4. The Morgan fingerprint density at radius 3 is 2.42 bits per heavy atom. The standard InChI is InChI=1S/C17H13F2N3O2/c1-24-12-8-3-2-5-9(12)14-15(16(20)23)22-17(21-14)13-10(18)6-4-7-11(13)19/h2-8H,1H3,(H2,20,23)(H,21,22). The molecule has 0 unspecified atom stereocenters. The summed E-state index contributed by atoms with van der Waals surface area (Å²) in [4.78, 5) is 18.5. The Morgan fingerprint density at radius 2 is 1.79 bits per heavy atom. The zero-order valence-corrected chi connectivity index (χ0v) is 12.6. The number of carbonyl (C=O) groups is 1.